The van der Waals surface area contributed by atoms with Gasteiger partial charge in [0.1, 0.15) is 11.5 Å². The van der Waals surface area contributed by atoms with Crippen molar-refractivity contribution in [3.05, 3.63) is 53.1 Å². The molecule has 2 unspecified atom stereocenters. The molecule has 2 heterocycles. The summed E-state index contributed by atoms with van der Waals surface area (Å²) < 4.78 is 19.3. The Morgan fingerprint density at radius 1 is 1.32 bits per heavy atom. The molecule has 1 saturated heterocycles. The van der Waals surface area contributed by atoms with Gasteiger partial charge >= 0.3 is 5.97 Å². The van der Waals surface area contributed by atoms with E-state index in [0.717, 1.165) is 24.8 Å². The van der Waals surface area contributed by atoms with Gasteiger partial charge in [-0.3, -0.25) is 9.69 Å². The molecule has 1 aliphatic carbocycles. The summed E-state index contributed by atoms with van der Waals surface area (Å²) in [5.41, 5.74) is 2.00. The standard InChI is InChI=1S/C22H25FN4O3S/c1-30-20(28)13-27-24-11-16(25-27)10-15-12-26(9-8-19(15)31)21(22(29)14-6-7-14)17-4-2-3-5-18(17)23/h2-5,10-11,14,19,21,31H,6-9,12-13H2,1H3/b15-10+. The molecule has 2 aromatic rings. The number of piperidine rings is 1. The van der Waals surface area contributed by atoms with Crippen LogP contribution in [0.3, 0.4) is 0 Å². The molecule has 1 aromatic heterocycles. The van der Waals surface area contributed by atoms with E-state index in [0.29, 0.717) is 24.3 Å². The van der Waals surface area contributed by atoms with Gasteiger partial charge in [0, 0.05) is 29.8 Å². The lowest BCUT2D eigenvalue weighted by Gasteiger charge is -2.37. The molecule has 2 fully saturated rings. The van der Waals surface area contributed by atoms with Crippen LogP contribution in [0.2, 0.25) is 0 Å². The monoisotopic (exact) mass is 444 g/mol. The van der Waals surface area contributed by atoms with Gasteiger partial charge < -0.3 is 4.74 Å². The van der Waals surface area contributed by atoms with Gasteiger partial charge in [-0.25, -0.2) is 9.18 Å². The Balaban J connectivity index is 1.58. The number of esters is 1. The normalized spacial score (nSPS) is 21.8. The summed E-state index contributed by atoms with van der Waals surface area (Å²) in [6.45, 7) is 1.06. The van der Waals surface area contributed by atoms with Gasteiger partial charge in [-0.2, -0.15) is 27.6 Å². The highest BCUT2D eigenvalue weighted by atomic mass is 32.1. The van der Waals surface area contributed by atoms with E-state index in [4.69, 9.17) is 12.6 Å². The number of aromatic nitrogens is 3. The van der Waals surface area contributed by atoms with E-state index < -0.39 is 12.0 Å². The third-order valence-electron chi connectivity index (χ3n) is 5.70. The topological polar surface area (TPSA) is 77.3 Å². The second-order valence-electron chi connectivity index (χ2n) is 7.97. The highest BCUT2D eigenvalue weighted by Crippen LogP contribution is 2.39. The molecule has 9 heteroatoms. The molecule has 7 nitrogen and oxygen atoms in total. The minimum Gasteiger partial charge on any atom is -0.468 e. The third kappa shape index (κ3) is 5.04. The molecule has 2 aliphatic rings. The lowest BCUT2D eigenvalue weighted by Crippen LogP contribution is -2.42. The van der Waals surface area contributed by atoms with Gasteiger partial charge in [-0.15, -0.1) is 0 Å². The lowest BCUT2D eigenvalue weighted by molar-refractivity contribution is -0.141. The molecule has 1 saturated carbocycles. The van der Waals surface area contributed by atoms with Gasteiger partial charge in [0.2, 0.25) is 0 Å². The second-order valence-corrected chi connectivity index (χ2v) is 8.59. The Morgan fingerprint density at radius 3 is 2.81 bits per heavy atom. The molecule has 0 bridgehead atoms. The summed E-state index contributed by atoms with van der Waals surface area (Å²) in [7, 11) is 1.31. The number of hydrogen-bond donors (Lipinski definition) is 1. The number of hydrogen-bond acceptors (Lipinski definition) is 7. The molecule has 4 rings (SSSR count). The molecule has 2 atom stereocenters. The van der Waals surface area contributed by atoms with Crippen LogP contribution in [-0.2, 0) is 20.9 Å². The zero-order valence-corrected chi connectivity index (χ0v) is 18.2. The van der Waals surface area contributed by atoms with Gasteiger partial charge in [0.15, 0.2) is 12.3 Å². The lowest BCUT2D eigenvalue weighted by atomic mass is 9.93. The van der Waals surface area contributed by atoms with E-state index in [1.54, 1.807) is 24.4 Å². The maximum absolute atomic E-state index is 14.6. The number of thiol groups is 1. The molecule has 1 aliphatic heterocycles. The van der Waals surface area contributed by atoms with E-state index in [1.165, 1.54) is 18.0 Å². The Morgan fingerprint density at radius 2 is 2.10 bits per heavy atom. The predicted octanol–water partition coefficient (Wildman–Crippen LogP) is 2.70. The summed E-state index contributed by atoms with van der Waals surface area (Å²) in [5.74, 6) is -0.683. The average Bonchev–Trinajstić information content (AvgIpc) is 3.53. The van der Waals surface area contributed by atoms with Crippen molar-refractivity contribution in [3.8, 4) is 0 Å². The molecule has 31 heavy (non-hydrogen) atoms. The van der Waals surface area contributed by atoms with Crippen molar-refractivity contribution in [2.45, 2.75) is 37.1 Å². The molecular formula is C22H25FN4O3S. The van der Waals surface area contributed by atoms with Crippen molar-refractivity contribution < 1.29 is 18.7 Å². The highest BCUT2D eigenvalue weighted by molar-refractivity contribution is 7.81. The molecule has 0 N–H and O–H groups in total. The van der Waals surface area contributed by atoms with E-state index in [-0.39, 0.29) is 29.3 Å². The molecule has 164 valence electrons. The maximum Gasteiger partial charge on any atom is 0.329 e. The third-order valence-corrected chi connectivity index (χ3v) is 6.29. The maximum atomic E-state index is 14.6. The Kier molecular flexibility index (Phi) is 6.52. The van der Waals surface area contributed by atoms with E-state index >= 15 is 0 Å². The fourth-order valence-electron chi connectivity index (χ4n) is 3.90. The zero-order valence-electron chi connectivity index (χ0n) is 17.3. The Hall–Kier alpha value is -2.52. The van der Waals surface area contributed by atoms with Crippen molar-refractivity contribution >= 4 is 30.5 Å². The van der Waals surface area contributed by atoms with E-state index in [2.05, 4.69) is 14.9 Å². The summed E-state index contributed by atoms with van der Waals surface area (Å²) in [4.78, 5) is 27.8. The first kappa shape index (κ1) is 21.7. The van der Waals surface area contributed by atoms with Crippen molar-refractivity contribution in [1.82, 2.24) is 19.9 Å². The largest absolute Gasteiger partial charge is 0.468 e. The van der Waals surface area contributed by atoms with Crippen LogP contribution in [0.4, 0.5) is 4.39 Å². The van der Waals surface area contributed by atoms with Crippen LogP contribution in [0.15, 0.2) is 36.0 Å². The number of carbonyl (C=O) groups is 2. The van der Waals surface area contributed by atoms with Gasteiger partial charge in [0.25, 0.3) is 0 Å². The van der Waals surface area contributed by atoms with Crippen molar-refractivity contribution in [3.63, 3.8) is 0 Å². The van der Waals surface area contributed by atoms with Crippen LogP contribution in [-0.4, -0.2) is 57.1 Å². The quantitative estimate of drug-likeness (QED) is 0.523. The fourth-order valence-corrected chi connectivity index (χ4v) is 4.17. The molecule has 0 amide bonds. The number of carbonyl (C=O) groups excluding carboxylic acids is 2. The van der Waals surface area contributed by atoms with Crippen LogP contribution in [0.5, 0.6) is 0 Å². The Bertz CT molecular complexity index is 1000. The van der Waals surface area contributed by atoms with E-state index in [9.17, 15) is 14.0 Å². The number of halogens is 1. The number of ketones is 1. The van der Waals surface area contributed by atoms with Crippen LogP contribution in [0.25, 0.3) is 6.08 Å². The average molecular weight is 445 g/mol. The first-order chi connectivity index (χ1) is 15.0. The number of nitrogens with zero attached hydrogens (tertiary/aromatic N) is 4. The van der Waals surface area contributed by atoms with Gasteiger partial charge in [0.05, 0.1) is 19.3 Å². The molecule has 1 aromatic carbocycles. The first-order valence-corrected chi connectivity index (χ1v) is 10.9. The van der Waals surface area contributed by atoms with Crippen LogP contribution < -0.4 is 0 Å². The SMILES string of the molecule is COC(=O)Cn1ncc(/C=C2\CN(C(C(=O)C3CC3)c3ccccc3F)CCC2S)n1. The molecule has 0 radical (unpaired) electrons. The number of likely N-dealkylation sites (tertiary alicyclic amines) is 1. The summed E-state index contributed by atoms with van der Waals surface area (Å²) in [6.07, 6.45) is 5.93. The van der Waals surface area contributed by atoms with Crippen LogP contribution >= 0.6 is 12.6 Å². The van der Waals surface area contributed by atoms with Gasteiger partial charge in [-0.05, 0) is 37.0 Å². The smallest absolute Gasteiger partial charge is 0.329 e. The minimum atomic E-state index is -0.604. The van der Waals surface area contributed by atoms with Gasteiger partial charge in [-0.1, -0.05) is 18.2 Å². The second kappa shape index (κ2) is 9.32. The number of Topliss-reactive ketones (excluding diaryl/α,β-unsaturated/α-hetero) is 1. The number of rotatable bonds is 7. The summed E-state index contributed by atoms with van der Waals surface area (Å²) >= 11 is 4.70. The summed E-state index contributed by atoms with van der Waals surface area (Å²) in [6, 6.07) is 5.92. The highest BCUT2D eigenvalue weighted by Gasteiger charge is 2.40. The predicted molar refractivity (Wildman–Crippen MR) is 116 cm³/mol. The Labute approximate surface area is 185 Å². The van der Waals surface area contributed by atoms with Crippen molar-refractivity contribution in [2.75, 3.05) is 20.2 Å². The van der Waals surface area contributed by atoms with Crippen molar-refractivity contribution in [1.29, 1.82) is 0 Å². The molecular weight excluding hydrogens is 419 g/mol. The number of benzene rings is 1. The fraction of sp³-hybridized carbons (Fsp3) is 0.455. The minimum absolute atomic E-state index is 0.000644. The zero-order chi connectivity index (χ0) is 22.0. The van der Waals surface area contributed by atoms with Crippen LogP contribution in [0.1, 0.15) is 36.6 Å². The molecule has 0 spiro atoms. The summed E-state index contributed by atoms with van der Waals surface area (Å²) in [5, 5.41) is 8.38. The number of methoxy groups -OCH3 is 1. The first-order valence-electron chi connectivity index (χ1n) is 10.3. The van der Waals surface area contributed by atoms with Crippen LogP contribution in [0, 0.1) is 11.7 Å². The van der Waals surface area contributed by atoms with Crippen molar-refractivity contribution in [2.24, 2.45) is 5.92 Å². The van der Waals surface area contributed by atoms with E-state index in [1.807, 2.05) is 11.0 Å². The number of ether oxygens (including phenoxy) is 1.